The van der Waals surface area contributed by atoms with Crippen molar-refractivity contribution in [2.75, 3.05) is 32.6 Å². The molecule has 0 saturated heterocycles. The highest BCUT2D eigenvalue weighted by molar-refractivity contribution is 9.10. The highest BCUT2D eigenvalue weighted by atomic mass is 79.9. The summed E-state index contributed by atoms with van der Waals surface area (Å²) < 4.78 is 8.75. The van der Waals surface area contributed by atoms with E-state index in [1.165, 1.54) is 4.90 Å². The Labute approximate surface area is 174 Å². The topological polar surface area (TPSA) is 74.4 Å². The van der Waals surface area contributed by atoms with E-state index in [4.69, 9.17) is 10.1 Å². The van der Waals surface area contributed by atoms with Gasteiger partial charge in [-0.05, 0) is 24.1 Å². The summed E-state index contributed by atoms with van der Waals surface area (Å²) in [5.41, 5.74) is 1.66. The van der Waals surface area contributed by atoms with E-state index in [9.17, 15) is 4.79 Å². The van der Waals surface area contributed by atoms with Gasteiger partial charge in [0.05, 0.1) is 0 Å². The molecule has 8 heteroatoms. The maximum absolute atomic E-state index is 11.4. The lowest BCUT2D eigenvalue weighted by Crippen LogP contribution is -2.28. The van der Waals surface area contributed by atoms with Gasteiger partial charge in [0, 0.05) is 38.8 Å². The molecule has 2 rings (SSSR count). The first kappa shape index (κ1) is 22.1. The van der Waals surface area contributed by atoms with Crippen LogP contribution >= 0.6 is 15.9 Å². The van der Waals surface area contributed by atoms with Crippen LogP contribution in [0, 0.1) is 5.41 Å². The lowest BCUT2D eigenvalue weighted by atomic mass is 10.2. The fraction of sp³-hybridized carbons (Fsp3) is 0.450. The van der Waals surface area contributed by atoms with Gasteiger partial charge >= 0.3 is 0 Å². The van der Waals surface area contributed by atoms with Crippen LogP contribution in [0.1, 0.15) is 36.8 Å². The van der Waals surface area contributed by atoms with Crippen LogP contribution in [0.2, 0.25) is 0 Å². The van der Waals surface area contributed by atoms with Crippen LogP contribution in [-0.4, -0.2) is 54.4 Å². The standard InChI is InChI=1S/C20H28BrN5O2/c1-5-6-10-28-13-17-23-20(25(4)14-27)18(19(22)24(2)3)26(17)12-15-8-7-9-16(21)11-15/h7-9,11,14,22H,5-6,10,12-13H2,1-4H3. The number of unbranched alkanes of at least 4 members (excludes halogenated alkanes) is 1. The zero-order chi connectivity index (χ0) is 20.7. The number of ether oxygens (including phenoxy) is 1. The Kier molecular flexibility index (Phi) is 8.19. The van der Waals surface area contributed by atoms with Gasteiger partial charge in [-0.2, -0.15) is 0 Å². The quantitative estimate of drug-likeness (QED) is 0.260. The van der Waals surface area contributed by atoms with Gasteiger partial charge in [-0.1, -0.05) is 41.4 Å². The number of aromatic nitrogens is 2. The molecule has 0 atom stereocenters. The van der Waals surface area contributed by atoms with Crippen molar-refractivity contribution in [3.8, 4) is 0 Å². The molecule has 7 nitrogen and oxygen atoms in total. The summed E-state index contributed by atoms with van der Waals surface area (Å²) in [6.45, 7) is 3.62. The third kappa shape index (κ3) is 5.42. The highest BCUT2D eigenvalue weighted by Crippen LogP contribution is 2.24. The van der Waals surface area contributed by atoms with Crippen molar-refractivity contribution in [3.05, 3.63) is 45.8 Å². The molecule has 28 heavy (non-hydrogen) atoms. The number of hydrogen-bond donors (Lipinski definition) is 1. The molecule has 1 amide bonds. The molecule has 0 spiro atoms. The van der Waals surface area contributed by atoms with E-state index in [2.05, 4.69) is 27.8 Å². The van der Waals surface area contributed by atoms with Crippen LogP contribution < -0.4 is 4.90 Å². The van der Waals surface area contributed by atoms with Crippen LogP contribution in [0.25, 0.3) is 0 Å². The van der Waals surface area contributed by atoms with Gasteiger partial charge in [0.2, 0.25) is 6.41 Å². The average Bonchev–Trinajstić information content (AvgIpc) is 3.02. The molecule has 1 N–H and O–H groups in total. The summed E-state index contributed by atoms with van der Waals surface area (Å²) in [5, 5.41) is 8.57. The Morgan fingerprint density at radius 1 is 1.36 bits per heavy atom. The Hall–Kier alpha value is -2.19. The summed E-state index contributed by atoms with van der Waals surface area (Å²) in [6.07, 6.45) is 2.75. The van der Waals surface area contributed by atoms with Crippen molar-refractivity contribution >= 4 is 34.0 Å². The fourth-order valence-electron chi connectivity index (χ4n) is 2.73. The second kappa shape index (κ2) is 10.4. The maximum Gasteiger partial charge on any atom is 0.215 e. The van der Waals surface area contributed by atoms with Gasteiger partial charge in [0.15, 0.2) is 5.82 Å². The Morgan fingerprint density at radius 2 is 2.11 bits per heavy atom. The molecular formula is C20H28BrN5O2. The number of carbonyl (C=O) groups excluding carboxylic acids is 1. The largest absolute Gasteiger partial charge is 0.374 e. The van der Waals surface area contributed by atoms with Gasteiger partial charge in [0.25, 0.3) is 0 Å². The SMILES string of the molecule is CCCCOCc1nc(N(C)C=O)c(C(=N)N(C)C)n1Cc1cccc(Br)c1. The predicted molar refractivity (Wildman–Crippen MR) is 115 cm³/mol. The number of nitrogens with one attached hydrogen (secondary N) is 1. The van der Waals surface area contributed by atoms with Crippen LogP contribution in [0.3, 0.4) is 0 Å². The van der Waals surface area contributed by atoms with Crippen LogP contribution in [0.5, 0.6) is 0 Å². The third-order valence-corrected chi connectivity index (χ3v) is 4.79. The molecule has 0 aliphatic heterocycles. The lowest BCUT2D eigenvalue weighted by molar-refractivity contribution is -0.107. The van der Waals surface area contributed by atoms with E-state index < -0.39 is 0 Å². The molecule has 1 heterocycles. The molecule has 0 unspecified atom stereocenters. The fourth-order valence-corrected chi connectivity index (χ4v) is 3.18. The van der Waals surface area contributed by atoms with E-state index in [0.717, 1.165) is 22.9 Å². The first-order chi connectivity index (χ1) is 13.4. The summed E-state index contributed by atoms with van der Waals surface area (Å²) in [6, 6.07) is 8.01. The molecule has 1 aromatic heterocycles. The Morgan fingerprint density at radius 3 is 2.71 bits per heavy atom. The summed E-state index contributed by atoms with van der Waals surface area (Å²) in [5.74, 6) is 1.44. The normalized spacial score (nSPS) is 10.8. The number of carbonyl (C=O) groups is 1. The van der Waals surface area contributed by atoms with Crippen molar-refractivity contribution in [1.82, 2.24) is 14.5 Å². The number of halogens is 1. The minimum atomic E-state index is 0.283. The van der Waals surface area contributed by atoms with E-state index in [-0.39, 0.29) is 5.84 Å². The number of nitrogens with zero attached hydrogens (tertiary/aromatic N) is 4. The zero-order valence-corrected chi connectivity index (χ0v) is 18.5. The molecular weight excluding hydrogens is 422 g/mol. The second-order valence-corrected chi connectivity index (χ2v) is 7.70. The van der Waals surface area contributed by atoms with Crippen LogP contribution in [-0.2, 0) is 22.7 Å². The average molecular weight is 450 g/mol. The molecule has 0 fully saturated rings. The number of anilines is 1. The predicted octanol–water partition coefficient (Wildman–Crippen LogP) is 3.49. The van der Waals surface area contributed by atoms with E-state index in [1.807, 2.05) is 28.8 Å². The molecule has 0 radical (unpaired) electrons. The van der Waals surface area contributed by atoms with Gasteiger partial charge in [-0.15, -0.1) is 0 Å². The monoisotopic (exact) mass is 449 g/mol. The summed E-state index contributed by atoms with van der Waals surface area (Å²) >= 11 is 3.51. The van der Waals surface area contributed by atoms with Gasteiger partial charge in [-0.3, -0.25) is 10.2 Å². The van der Waals surface area contributed by atoms with Crippen molar-refractivity contribution in [2.24, 2.45) is 0 Å². The molecule has 1 aromatic carbocycles. The van der Waals surface area contributed by atoms with Crippen molar-refractivity contribution in [2.45, 2.75) is 32.9 Å². The van der Waals surface area contributed by atoms with Crippen molar-refractivity contribution in [1.29, 1.82) is 5.41 Å². The Bertz CT molecular complexity index is 819. The minimum absolute atomic E-state index is 0.283. The molecule has 0 bridgehead atoms. The number of amidine groups is 1. The molecule has 0 aliphatic rings. The molecule has 152 valence electrons. The number of hydrogen-bond acceptors (Lipinski definition) is 4. The van der Waals surface area contributed by atoms with Crippen molar-refractivity contribution in [3.63, 3.8) is 0 Å². The van der Waals surface area contributed by atoms with E-state index in [0.29, 0.717) is 43.5 Å². The number of benzene rings is 1. The van der Waals surface area contributed by atoms with Crippen LogP contribution in [0.15, 0.2) is 28.7 Å². The second-order valence-electron chi connectivity index (χ2n) is 6.78. The summed E-state index contributed by atoms with van der Waals surface area (Å²) in [4.78, 5) is 19.2. The van der Waals surface area contributed by atoms with E-state index in [1.54, 1.807) is 26.0 Å². The number of imidazole rings is 1. The van der Waals surface area contributed by atoms with Gasteiger partial charge in [-0.25, -0.2) is 4.98 Å². The maximum atomic E-state index is 11.4. The lowest BCUT2D eigenvalue weighted by Gasteiger charge is -2.19. The third-order valence-electron chi connectivity index (χ3n) is 4.30. The Balaban J connectivity index is 2.52. The highest BCUT2D eigenvalue weighted by Gasteiger charge is 2.24. The zero-order valence-electron chi connectivity index (χ0n) is 16.9. The summed E-state index contributed by atoms with van der Waals surface area (Å²) in [7, 11) is 5.26. The smallest absolute Gasteiger partial charge is 0.215 e. The number of rotatable bonds is 10. The number of amides is 1. The molecule has 0 aliphatic carbocycles. The minimum Gasteiger partial charge on any atom is -0.374 e. The van der Waals surface area contributed by atoms with Crippen LogP contribution in [0.4, 0.5) is 5.82 Å². The van der Waals surface area contributed by atoms with E-state index >= 15 is 0 Å². The first-order valence-electron chi connectivity index (χ1n) is 9.25. The molecule has 0 saturated carbocycles. The van der Waals surface area contributed by atoms with Crippen molar-refractivity contribution < 1.29 is 9.53 Å². The van der Waals surface area contributed by atoms with Gasteiger partial charge in [0.1, 0.15) is 24.0 Å². The first-order valence-corrected chi connectivity index (χ1v) is 10.0. The van der Waals surface area contributed by atoms with Gasteiger partial charge < -0.3 is 19.1 Å². The molecule has 2 aromatic rings.